The average molecular weight is 415 g/mol. The van der Waals surface area contributed by atoms with Gasteiger partial charge < -0.3 is 20.1 Å². The van der Waals surface area contributed by atoms with E-state index in [-0.39, 0.29) is 5.56 Å². The monoisotopic (exact) mass is 414 g/mol. The molecule has 0 atom stereocenters. The van der Waals surface area contributed by atoms with Crippen LogP contribution in [-0.2, 0) is 16.0 Å². The van der Waals surface area contributed by atoms with E-state index >= 15 is 0 Å². The van der Waals surface area contributed by atoms with Crippen LogP contribution in [0, 0.1) is 11.8 Å². The van der Waals surface area contributed by atoms with E-state index in [1.807, 2.05) is 18.2 Å². The van der Waals surface area contributed by atoms with Gasteiger partial charge in [-0.25, -0.2) is 4.98 Å². The van der Waals surface area contributed by atoms with Gasteiger partial charge in [0.05, 0.1) is 5.56 Å². The number of nitrogens with one attached hydrogen (secondary N) is 2. The first-order valence-corrected chi connectivity index (χ1v) is 11.4. The number of rotatable bonds is 9. The Morgan fingerprint density at radius 1 is 0.967 bits per heavy atom. The van der Waals surface area contributed by atoms with Gasteiger partial charge in [0.1, 0.15) is 11.5 Å². The van der Waals surface area contributed by atoms with Gasteiger partial charge in [-0.1, -0.05) is 6.07 Å². The minimum Gasteiger partial charge on any atom is -0.381 e. The third-order valence-corrected chi connectivity index (χ3v) is 6.39. The van der Waals surface area contributed by atoms with E-state index in [0.717, 1.165) is 95.3 Å². The molecule has 164 valence electrons. The van der Waals surface area contributed by atoms with Gasteiger partial charge in [-0.2, -0.15) is 0 Å². The van der Waals surface area contributed by atoms with Crippen LogP contribution >= 0.6 is 0 Å². The smallest absolute Gasteiger partial charge is 0.264 e. The third kappa shape index (κ3) is 5.59. The summed E-state index contributed by atoms with van der Waals surface area (Å²) in [5.74, 6) is 2.13. The highest BCUT2D eigenvalue weighted by molar-refractivity contribution is 5.51. The molecule has 7 heteroatoms. The molecule has 2 aliphatic rings. The van der Waals surface area contributed by atoms with Gasteiger partial charge in [-0.15, -0.1) is 0 Å². The second kappa shape index (κ2) is 10.9. The first-order chi connectivity index (χ1) is 14.8. The molecule has 0 aromatic carbocycles. The summed E-state index contributed by atoms with van der Waals surface area (Å²) >= 11 is 0. The van der Waals surface area contributed by atoms with Crippen molar-refractivity contribution in [3.05, 3.63) is 40.3 Å². The molecule has 0 bridgehead atoms. The lowest BCUT2D eigenvalue weighted by Gasteiger charge is -2.22. The molecule has 2 saturated heterocycles. The number of hydrogen-bond acceptors (Lipinski definition) is 6. The molecule has 2 aromatic heterocycles. The Kier molecular flexibility index (Phi) is 7.72. The summed E-state index contributed by atoms with van der Waals surface area (Å²) in [6.07, 6.45) is 8.52. The van der Waals surface area contributed by atoms with Gasteiger partial charge in [-0.05, 0) is 69.0 Å². The second-order valence-corrected chi connectivity index (χ2v) is 8.47. The highest BCUT2D eigenvalue weighted by Crippen LogP contribution is 2.20. The number of ether oxygens (including phenoxy) is 2. The van der Waals surface area contributed by atoms with E-state index in [1.165, 1.54) is 0 Å². The first-order valence-electron chi connectivity index (χ1n) is 11.4. The van der Waals surface area contributed by atoms with E-state index < -0.39 is 0 Å². The fraction of sp³-hybridized carbons (Fsp3) is 0.652. The van der Waals surface area contributed by atoms with E-state index in [1.54, 1.807) is 10.6 Å². The average Bonchev–Trinajstić information content (AvgIpc) is 2.80. The number of fused-ring (bicyclic) bond motifs is 1. The van der Waals surface area contributed by atoms with Crippen molar-refractivity contribution in [2.75, 3.05) is 44.8 Å². The summed E-state index contributed by atoms with van der Waals surface area (Å²) in [6.45, 7) is 5.75. The van der Waals surface area contributed by atoms with Crippen LogP contribution in [0.4, 0.5) is 5.82 Å². The van der Waals surface area contributed by atoms with Crippen LogP contribution in [0.1, 0.15) is 44.1 Å². The van der Waals surface area contributed by atoms with Crippen molar-refractivity contribution in [2.24, 2.45) is 11.8 Å². The zero-order valence-corrected chi connectivity index (χ0v) is 17.8. The normalized spacial score (nSPS) is 18.7. The molecule has 0 saturated carbocycles. The molecule has 2 N–H and O–H groups in total. The van der Waals surface area contributed by atoms with Crippen LogP contribution in [0.15, 0.2) is 29.2 Å². The first kappa shape index (κ1) is 21.3. The Labute approximate surface area is 178 Å². The van der Waals surface area contributed by atoms with Crippen LogP contribution in [-0.4, -0.2) is 48.9 Å². The molecule has 0 aliphatic carbocycles. The van der Waals surface area contributed by atoms with E-state index in [0.29, 0.717) is 18.1 Å². The maximum atomic E-state index is 13.1. The lowest BCUT2D eigenvalue weighted by molar-refractivity contribution is 0.0639. The molecule has 0 amide bonds. The molecule has 0 radical (unpaired) electrons. The Hall–Kier alpha value is -1.96. The van der Waals surface area contributed by atoms with Crippen molar-refractivity contribution < 1.29 is 9.47 Å². The lowest BCUT2D eigenvalue weighted by Crippen LogP contribution is -2.29. The van der Waals surface area contributed by atoms with Gasteiger partial charge in [-0.3, -0.25) is 9.20 Å². The van der Waals surface area contributed by atoms with Crippen LogP contribution in [0.25, 0.3) is 5.65 Å². The van der Waals surface area contributed by atoms with Crippen molar-refractivity contribution >= 4 is 11.5 Å². The predicted molar refractivity (Wildman–Crippen MR) is 118 cm³/mol. The zero-order valence-electron chi connectivity index (χ0n) is 17.8. The van der Waals surface area contributed by atoms with E-state index in [4.69, 9.17) is 14.5 Å². The number of pyridine rings is 1. The molecule has 30 heavy (non-hydrogen) atoms. The highest BCUT2D eigenvalue weighted by atomic mass is 16.5. The minimum atomic E-state index is 0.00716. The molecule has 2 fully saturated rings. The molecular formula is C23H34N4O3. The number of nitrogens with zero attached hydrogens (tertiary/aromatic N) is 2. The van der Waals surface area contributed by atoms with Crippen molar-refractivity contribution in [1.82, 2.24) is 14.7 Å². The standard InChI is InChI=1S/C23H34N4O3/c28-23-20(17-24-10-4-18-6-13-29-14-7-18)22(26-21-3-1-2-12-27(21)23)25-11-5-19-8-15-30-16-9-19/h1-3,12,18-19,24-25H,4-11,13-17H2. The maximum absolute atomic E-state index is 13.1. The van der Waals surface area contributed by atoms with Crippen molar-refractivity contribution in [2.45, 2.75) is 45.1 Å². The molecule has 2 aliphatic heterocycles. The topological polar surface area (TPSA) is 76.9 Å². The molecular weight excluding hydrogens is 380 g/mol. The van der Waals surface area contributed by atoms with Gasteiger partial charge in [0.25, 0.3) is 5.56 Å². The van der Waals surface area contributed by atoms with Gasteiger partial charge in [0.15, 0.2) is 0 Å². The number of anilines is 1. The molecule has 4 rings (SSSR count). The van der Waals surface area contributed by atoms with Crippen molar-refractivity contribution in [3.63, 3.8) is 0 Å². The third-order valence-electron chi connectivity index (χ3n) is 6.39. The summed E-state index contributed by atoms with van der Waals surface area (Å²) in [5, 5.41) is 6.95. The Morgan fingerprint density at radius 2 is 1.63 bits per heavy atom. The minimum absolute atomic E-state index is 0.00716. The van der Waals surface area contributed by atoms with Crippen LogP contribution in [0.5, 0.6) is 0 Å². The molecule has 0 unspecified atom stereocenters. The SMILES string of the molecule is O=c1c(CNCCC2CCOCC2)c(NCCC2CCOCC2)nc2ccccn12. The van der Waals surface area contributed by atoms with Crippen LogP contribution in [0.3, 0.4) is 0 Å². The fourth-order valence-corrected chi connectivity index (χ4v) is 4.42. The van der Waals surface area contributed by atoms with Crippen molar-refractivity contribution in [1.29, 1.82) is 0 Å². The predicted octanol–water partition coefficient (Wildman–Crippen LogP) is 2.83. The Balaban J connectivity index is 1.40. The molecule has 7 nitrogen and oxygen atoms in total. The number of hydrogen-bond donors (Lipinski definition) is 2. The fourth-order valence-electron chi connectivity index (χ4n) is 4.42. The van der Waals surface area contributed by atoms with E-state index in [9.17, 15) is 4.79 Å². The quantitative estimate of drug-likeness (QED) is 0.615. The Morgan fingerprint density at radius 3 is 2.33 bits per heavy atom. The Bertz CT molecular complexity index is 857. The zero-order chi connectivity index (χ0) is 20.6. The summed E-state index contributed by atoms with van der Waals surface area (Å²) in [4.78, 5) is 17.9. The van der Waals surface area contributed by atoms with Crippen LogP contribution < -0.4 is 16.2 Å². The number of aromatic nitrogens is 2. The summed E-state index contributed by atoms with van der Waals surface area (Å²) in [6, 6.07) is 5.67. The van der Waals surface area contributed by atoms with Crippen LogP contribution in [0.2, 0.25) is 0 Å². The van der Waals surface area contributed by atoms with Gasteiger partial charge in [0, 0.05) is 45.7 Å². The summed E-state index contributed by atoms with van der Waals surface area (Å²) in [5.41, 5.74) is 1.41. The van der Waals surface area contributed by atoms with Crippen molar-refractivity contribution in [3.8, 4) is 0 Å². The molecule has 2 aromatic rings. The largest absolute Gasteiger partial charge is 0.381 e. The van der Waals surface area contributed by atoms with Gasteiger partial charge >= 0.3 is 0 Å². The summed E-state index contributed by atoms with van der Waals surface area (Å²) in [7, 11) is 0. The summed E-state index contributed by atoms with van der Waals surface area (Å²) < 4.78 is 12.5. The highest BCUT2D eigenvalue weighted by Gasteiger charge is 2.17. The lowest BCUT2D eigenvalue weighted by atomic mass is 9.96. The van der Waals surface area contributed by atoms with E-state index in [2.05, 4.69) is 10.6 Å². The van der Waals surface area contributed by atoms with Gasteiger partial charge in [0.2, 0.25) is 0 Å². The molecule has 0 spiro atoms. The maximum Gasteiger partial charge on any atom is 0.264 e. The second-order valence-electron chi connectivity index (χ2n) is 8.47. The molecule has 4 heterocycles.